The third-order valence-electron chi connectivity index (χ3n) is 2.31. The van der Waals surface area contributed by atoms with Crippen LogP contribution in [0.5, 0.6) is 5.75 Å². The molecule has 2 aromatic rings. The lowest BCUT2D eigenvalue weighted by Crippen LogP contribution is -2.02. The molecule has 0 N–H and O–H groups in total. The first-order valence-electron chi connectivity index (χ1n) is 4.91. The summed E-state index contributed by atoms with van der Waals surface area (Å²) in [6.07, 6.45) is 3.68. The number of imidazole rings is 1. The van der Waals surface area contributed by atoms with E-state index in [0.29, 0.717) is 6.61 Å². The molecule has 0 unspecified atom stereocenters. The van der Waals surface area contributed by atoms with Gasteiger partial charge in [-0.2, -0.15) is 0 Å². The molecule has 0 atom stereocenters. The standard InChI is InChI=1S/C12H14N2O/c1-10-3-5-11(6-4-10)15-9-12-13-7-8-14(12)2/h3-8H,9H2,1-2H3. The third-order valence-corrected chi connectivity index (χ3v) is 2.31. The van der Waals surface area contributed by atoms with Crippen LogP contribution in [-0.2, 0) is 13.7 Å². The first kappa shape index (κ1) is 9.77. The third kappa shape index (κ3) is 2.37. The van der Waals surface area contributed by atoms with Crippen molar-refractivity contribution in [1.82, 2.24) is 9.55 Å². The van der Waals surface area contributed by atoms with E-state index in [4.69, 9.17) is 4.74 Å². The second-order valence-electron chi connectivity index (χ2n) is 3.56. The zero-order chi connectivity index (χ0) is 10.7. The summed E-state index contributed by atoms with van der Waals surface area (Å²) in [5, 5.41) is 0. The lowest BCUT2D eigenvalue weighted by Gasteiger charge is -2.06. The Morgan fingerprint density at radius 3 is 2.60 bits per heavy atom. The fraction of sp³-hybridized carbons (Fsp3) is 0.250. The van der Waals surface area contributed by atoms with E-state index in [1.54, 1.807) is 6.20 Å². The Morgan fingerprint density at radius 2 is 2.00 bits per heavy atom. The minimum atomic E-state index is 0.507. The van der Waals surface area contributed by atoms with Gasteiger partial charge in [0, 0.05) is 19.4 Å². The Bertz CT molecular complexity index is 431. The fourth-order valence-electron chi connectivity index (χ4n) is 1.32. The molecule has 0 aliphatic carbocycles. The Kier molecular flexibility index (Phi) is 2.72. The van der Waals surface area contributed by atoms with Crippen molar-refractivity contribution in [3.63, 3.8) is 0 Å². The number of hydrogen-bond donors (Lipinski definition) is 0. The van der Waals surface area contributed by atoms with Crippen LogP contribution < -0.4 is 4.74 Å². The number of ether oxygens (including phenoxy) is 1. The molecule has 0 bridgehead atoms. The number of rotatable bonds is 3. The summed E-state index contributed by atoms with van der Waals surface area (Å²) < 4.78 is 7.56. The van der Waals surface area contributed by atoms with Crippen molar-refractivity contribution >= 4 is 0 Å². The predicted molar refractivity (Wildman–Crippen MR) is 58.7 cm³/mol. The predicted octanol–water partition coefficient (Wildman–Crippen LogP) is 2.31. The maximum atomic E-state index is 5.60. The van der Waals surface area contributed by atoms with Gasteiger partial charge in [0.1, 0.15) is 18.2 Å². The lowest BCUT2D eigenvalue weighted by atomic mass is 10.2. The number of nitrogens with zero attached hydrogens (tertiary/aromatic N) is 2. The average Bonchev–Trinajstić information content (AvgIpc) is 2.63. The highest BCUT2D eigenvalue weighted by Gasteiger charge is 1.99. The fourth-order valence-corrected chi connectivity index (χ4v) is 1.32. The summed E-state index contributed by atoms with van der Waals surface area (Å²) in [5.74, 6) is 1.80. The van der Waals surface area contributed by atoms with Crippen LogP contribution in [0.1, 0.15) is 11.4 Å². The van der Waals surface area contributed by atoms with Crippen LogP contribution in [0, 0.1) is 6.92 Å². The molecule has 0 saturated heterocycles. The van der Waals surface area contributed by atoms with Gasteiger partial charge in [-0.05, 0) is 19.1 Å². The molecule has 1 aromatic heterocycles. The van der Waals surface area contributed by atoms with Crippen LogP contribution in [0.25, 0.3) is 0 Å². The van der Waals surface area contributed by atoms with Crippen LogP contribution in [0.4, 0.5) is 0 Å². The van der Waals surface area contributed by atoms with E-state index in [0.717, 1.165) is 11.6 Å². The minimum Gasteiger partial charge on any atom is -0.486 e. The van der Waals surface area contributed by atoms with Crippen molar-refractivity contribution in [2.24, 2.45) is 7.05 Å². The molecule has 0 aliphatic heterocycles. The smallest absolute Gasteiger partial charge is 0.146 e. The summed E-state index contributed by atoms with van der Waals surface area (Å²) in [6, 6.07) is 8.01. The maximum absolute atomic E-state index is 5.60. The second-order valence-corrected chi connectivity index (χ2v) is 3.56. The van der Waals surface area contributed by atoms with E-state index < -0.39 is 0 Å². The molecular weight excluding hydrogens is 188 g/mol. The van der Waals surface area contributed by atoms with Crippen LogP contribution in [0.3, 0.4) is 0 Å². The molecule has 0 aliphatic rings. The van der Waals surface area contributed by atoms with Crippen molar-refractivity contribution in [1.29, 1.82) is 0 Å². The zero-order valence-electron chi connectivity index (χ0n) is 8.97. The number of aryl methyl sites for hydroxylation is 2. The van der Waals surface area contributed by atoms with Gasteiger partial charge >= 0.3 is 0 Å². The van der Waals surface area contributed by atoms with Crippen molar-refractivity contribution in [2.45, 2.75) is 13.5 Å². The van der Waals surface area contributed by atoms with E-state index in [1.165, 1.54) is 5.56 Å². The van der Waals surface area contributed by atoms with Gasteiger partial charge < -0.3 is 9.30 Å². The van der Waals surface area contributed by atoms with Gasteiger partial charge in [-0.1, -0.05) is 17.7 Å². The SMILES string of the molecule is Cc1ccc(OCc2nccn2C)cc1. The molecule has 3 heteroatoms. The van der Waals surface area contributed by atoms with Gasteiger partial charge in [0.25, 0.3) is 0 Å². The number of benzene rings is 1. The highest BCUT2D eigenvalue weighted by atomic mass is 16.5. The topological polar surface area (TPSA) is 27.1 Å². The van der Waals surface area contributed by atoms with E-state index in [2.05, 4.69) is 11.9 Å². The van der Waals surface area contributed by atoms with Gasteiger partial charge in [-0.15, -0.1) is 0 Å². The van der Waals surface area contributed by atoms with Gasteiger partial charge in [0.2, 0.25) is 0 Å². The Labute approximate surface area is 89.3 Å². The van der Waals surface area contributed by atoms with Gasteiger partial charge in [-0.25, -0.2) is 4.98 Å². The Balaban J connectivity index is 1.99. The van der Waals surface area contributed by atoms with Crippen molar-refractivity contribution in [2.75, 3.05) is 0 Å². The highest BCUT2D eigenvalue weighted by Crippen LogP contribution is 2.12. The lowest BCUT2D eigenvalue weighted by molar-refractivity contribution is 0.292. The molecule has 0 fully saturated rings. The summed E-state index contributed by atoms with van der Waals surface area (Å²) in [5.41, 5.74) is 1.24. The van der Waals surface area contributed by atoms with Crippen molar-refractivity contribution < 1.29 is 4.74 Å². The van der Waals surface area contributed by atoms with Gasteiger partial charge in [-0.3, -0.25) is 0 Å². The normalized spacial score (nSPS) is 10.3. The molecule has 2 rings (SSSR count). The van der Waals surface area contributed by atoms with Crippen molar-refractivity contribution in [3.05, 3.63) is 48.0 Å². The Hall–Kier alpha value is -1.77. The Morgan fingerprint density at radius 1 is 1.27 bits per heavy atom. The molecule has 3 nitrogen and oxygen atoms in total. The van der Waals surface area contributed by atoms with Crippen LogP contribution >= 0.6 is 0 Å². The molecule has 1 heterocycles. The average molecular weight is 202 g/mol. The quantitative estimate of drug-likeness (QED) is 0.763. The van der Waals surface area contributed by atoms with E-state index in [9.17, 15) is 0 Å². The first-order valence-corrected chi connectivity index (χ1v) is 4.91. The number of aromatic nitrogens is 2. The molecule has 0 spiro atoms. The van der Waals surface area contributed by atoms with Crippen LogP contribution in [-0.4, -0.2) is 9.55 Å². The summed E-state index contributed by atoms with van der Waals surface area (Å²) in [6.45, 7) is 2.56. The maximum Gasteiger partial charge on any atom is 0.146 e. The molecule has 78 valence electrons. The molecule has 0 radical (unpaired) electrons. The molecule has 0 amide bonds. The molecule has 15 heavy (non-hydrogen) atoms. The zero-order valence-corrected chi connectivity index (χ0v) is 8.97. The number of hydrogen-bond acceptors (Lipinski definition) is 2. The summed E-state index contributed by atoms with van der Waals surface area (Å²) in [4.78, 5) is 4.19. The van der Waals surface area contributed by atoms with Crippen LogP contribution in [0.15, 0.2) is 36.7 Å². The second kappa shape index (κ2) is 4.17. The summed E-state index contributed by atoms with van der Waals surface area (Å²) >= 11 is 0. The van der Waals surface area contributed by atoms with Gasteiger partial charge in [0.15, 0.2) is 0 Å². The van der Waals surface area contributed by atoms with Gasteiger partial charge in [0.05, 0.1) is 0 Å². The van der Waals surface area contributed by atoms with Crippen LogP contribution in [0.2, 0.25) is 0 Å². The highest BCUT2D eigenvalue weighted by molar-refractivity contribution is 5.26. The van der Waals surface area contributed by atoms with E-state index in [-0.39, 0.29) is 0 Å². The molecular formula is C12H14N2O. The molecule has 0 saturated carbocycles. The largest absolute Gasteiger partial charge is 0.486 e. The first-order chi connectivity index (χ1) is 7.25. The van der Waals surface area contributed by atoms with Crippen molar-refractivity contribution in [3.8, 4) is 5.75 Å². The monoisotopic (exact) mass is 202 g/mol. The molecule has 1 aromatic carbocycles. The minimum absolute atomic E-state index is 0.507. The van der Waals surface area contributed by atoms with E-state index >= 15 is 0 Å². The summed E-state index contributed by atoms with van der Waals surface area (Å²) in [7, 11) is 1.96. The van der Waals surface area contributed by atoms with E-state index in [1.807, 2.05) is 42.1 Å².